The van der Waals surface area contributed by atoms with Gasteiger partial charge in [0.2, 0.25) is 0 Å². The summed E-state index contributed by atoms with van der Waals surface area (Å²) in [5.41, 5.74) is 1.10. The quantitative estimate of drug-likeness (QED) is 0.730. The first kappa shape index (κ1) is 12.5. The van der Waals surface area contributed by atoms with Crippen molar-refractivity contribution in [3.63, 3.8) is 0 Å². The van der Waals surface area contributed by atoms with E-state index in [1.807, 2.05) is 13.1 Å². The van der Waals surface area contributed by atoms with E-state index in [0.717, 1.165) is 17.9 Å². The van der Waals surface area contributed by atoms with Crippen LogP contribution < -0.4 is 0 Å². The fraction of sp³-hybridized carbons (Fsp3) is 0.700. The normalized spacial score (nSPS) is 9.69. The molecule has 0 bridgehead atoms. The predicted octanol–water partition coefficient (Wildman–Crippen LogP) is 3.26. The summed E-state index contributed by atoms with van der Waals surface area (Å²) in [7, 11) is 0. The molecule has 1 rings (SSSR count). The van der Waals surface area contributed by atoms with E-state index in [4.69, 9.17) is 0 Å². The molecule has 2 nitrogen and oxygen atoms in total. The Labute approximate surface area is 86.6 Å². The van der Waals surface area contributed by atoms with Crippen molar-refractivity contribution in [1.82, 2.24) is 9.97 Å². The minimum absolute atomic E-state index is 0. The minimum atomic E-state index is 0. The summed E-state index contributed by atoms with van der Waals surface area (Å²) in [6.07, 6.45) is 8.32. The van der Waals surface area contributed by atoms with Crippen LogP contribution in [0.2, 0.25) is 0 Å². The summed E-state index contributed by atoms with van der Waals surface area (Å²) in [6, 6.07) is 0. The van der Waals surface area contributed by atoms with E-state index in [-0.39, 0.29) is 12.4 Å². The molecule has 0 aliphatic heterocycles. The lowest BCUT2D eigenvalue weighted by Crippen LogP contribution is -1.88. The number of imidazole rings is 1. The molecular formula is C10H19ClN2. The first-order chi connectivity index (χ1) is 5.83. The highest BCUT2D eigenvalue weighted by Crippen LogP contribution is 2.04. The Kier molecular flexibility index (Phi) is 6.69. The van der Waals surface area contributed by atoms with Crippen LogP contribution in [-0.2, 0) is 6.42 Å². The van der Waals surface area contributed by atoms with Crippen molar-refractivity contribution in [3.8, 4) is 0 Å². The van der Waals surface area contributed by atoms with Gasteiger partial charge in [-0.25, -0.2) is 4.98 Å². The number of aryl methyl sites for hydroxylation is 2. The van der Waals surface area contributed by atoms with Crippen LogP contribution in [0.25, 0.3) is 0 Å². The smallest absolute Gasteiger partial charge is 0.106 e. The van der Waals surface area contributed by atoms with Crippen molar-refractivity contribution in [2.24, 2.45) is 0 Å². The molecule has 1 heterocycles. The summed E-state index contributed by atoms with van der Waals surface area (Å²) < 4.78 is 0. The summed E-state index contributed by atoms with van der Waals surface area (Å²) in [5.74, 6) is 1.14. The van der Waals surface area contributed by atoms with Crippen LogP contribution in [-0.4, -0.2) is 9.97 Å². The monoisotopic (exact) mass is 202 g/mol. The number of aromatic amines is 1. The number of hydrogen-bond donors (Lipinski definition) is 1. The average Bonchev–Trinajstić information content (AvgIpc) is 2.45. The zero-order valence-corrected chi connectivity index (χ0v) is 9.28. The Morgan fingerprint density at radius 2 is 2.08 bits per heavy atom. The maximum absolute atomic E-state index is 4.35. The third-order valence-electron chi connectivity index (χ3n) is 2.03. The van der Waals surface area contributed by atoms with E-state index < -0.39 is 0 Å². The summed E-state index contributed by atoms with van der Waals surface area (Å²) >= 11 is 0. The van der Waals surface area contributed by atoms with E-state index in [1.54, 1.807) is 0 Å². The Morgan fingerprint density at radius 3 is 2.62 bits per heavy atom. The van der Waals surface area contributed by atoms with Gasteiger partial charge < -0.3 is 4.98 Å². The Balaban J connectivity index is 0.00000144. The lowest BCUT2D eigenvalue weighted by atomic mass is 10.1. The second kappa shape index (κ2) is 6.96. The van der Waals surface area contributed by atoms with Gasteiger partial charge in [-0.15, -0.1) is 12.4 Å². The van der Waals surface area contributed by atoms with Gasteiger partial charge in [-0.2, -0.15) is 0 Å². The predicted molar refractivity (Wildman–Crippen MR) is 58.4 cm³/mol. The molecule has 76 valence electrons. The van der Waals surface area contributed by atoms with Gasteiger partial charge in [0, 0.05) is 12.6 Å². The number of unbranched alkanes of at least 4 members (excludes halogenated alkanes) is 3. The van der Waals surface area contributed by atoms with Gasteiger partial charge in [-0.1, -0.05) is 26.2 Å². The molecule has 0 amide bonds. The van der Waals surface area contributed by atoms with E-state index in [1.165, 1.54) is 25.7 Å². The first-order valence-corrected chi connectivity index (χ1v) is 4.84. The fourth-order valence-corrected chi connectivity index (χ4v) is 1.31. The molecule has 0 unspecified atom stereocenters. The van der Waals surface area contributed by atoms with Crippen molar-refractivity contribution in [1.29, 1.82) is 0 Å². The number of rotatable bonds is 5. The molecule has 0 aliphatic carbocycles. The van der Waals surface area contributed by atoms with E-state index in [2.05, 4.69) is 16.9 Å². The minimum Gasteiger partial charge on any atom is -0.348 e. The zero-order valence-electron chi connectivity index (χ0n) is 8.47. The number of halogens is 1. The highest BCUT2D eigenvalue weighted by atomic mass is 35.5. The van der Waals surface area contributed by atoms with Crippen LogP contribution in [0.5, 0.6) is 0 Å². The Hall–Kier alpha value is -0.500. The maximum atomic E-state index is 4.35. The van der Waals surface area contributed by atoms with Crippen LogP contribution in [0, 0.1) is 6.92 Å². The van der Waals surface area contributed by atoms with Gasteiger partial charge in [0.05, 0.1) is 5.69 Å². The molecule has 3 heteroatoms. The van der Waals surface area contributed by atoms with Crippen LogP contribution in [0.3, 0.4) is 0 Å². The van der Waals surface area contributed by atoms with Gasteiger partial charge >= 0.3 is 0 Å². The molecule has 0 spiro atoms. The molecule has 0 atom stereocenters. The summed E-state index contributed by atoms with van der Waals surface area (Å²) in [6.45, 7) is 4.25. The van der Waals surface area contributed by atoms with Crippen molar-refractivity contribution in [2.75, 3.05) is 0 Å². The molecule has 1 aromatic rings. The molecule has 1 N–H and O–H groups in total. The van der Waals surface area contributed by atoms with Gasteiger partial charge in [0.15, 0.2) is 0 Å². The largest absolute Gasteiger partial charge is 0.348 e. The van der Waals surface area contributed by atoms with Crippen LogP contribution in [0.4, 0.5) is 0 Å². The average molecular weight is 203 g/mol. The summed E-state index contributed by atoms with van der Waals surface area (Å²) in [4.78, 5) is 7.52. The number of aromatic nitrogens is 2. The van der Waals surface area contributed by atoms with Crippen molar-refractivity contribution >= 4 is 12.4 Å². The third kappa shape index (κ3) is 4.94. The van der Waals surface area contributed by atoms with Gasteiger partial charge in [0.25, 0.3) is 0 Å². The number of H-pyrrole nitrogens is 1. The molecule has 0 saturated heterocycles. The number of nitrogens with one attached hydrogen (secondary N) is 1. The topological polar surface area (TPSA) is 28.7 Å². The van der Waals surface area contributed by atoms with Crippen molar-refractivity contribution in [2.45, 2.75) is 46.0 Å². The van der Waals surface area contributed by atoms with E-state index in [9.17, 15) is 0 Å². The first-order valence-electron chi connectivity index (χ1n) is 4.84. The van der Waals surface area contributed by atoms with Gasteiger partial charge in [0.1, 0.15) is 5.82 Å². The molecule has 0 aliphatic rings. The molecule has 0 fully saturated rings. The Bertz CT molecular complexity index is 220. The van der Waals surface area contributed by atoms with Gasteiger partial charge in [-0.05, 0) is 13.3 Å². The number of hydrogen-bond acceptors (Lipinski definition) is 1. The van der Waals surface area contributed by atoms with Crippen molar-refractivity contribution in [3.05, 3.63) is 17.7 Å². The van der Waals surface area contributed by atoms with Crippen LogP contribution in [0.1, 0.15) is 44.1 Å². The second-order valence-corrected chi connectivity index (χ2v) is 3.30. The second-order valence-electron chi connectivity index (χ2n) is 3.30. The van der Waals surface area contributed by atoms with Crippen LogP contribution >= 0.6 is 12.4 Å². The lowest BCUT2D eigenvalue weighted by molar-refractivity contribution is 0.655. The fourth-order valence-electron chi connectivity index (χ4n) is 1.31. The molecule has 0 radical (unpaired) electrons. The SMILES string of the molecule is CCCCCCc1nc(C)c[nH]1.Cl. The number of nitrogens with zero attached hydrogens (tertiary/aromatic N) is 1. The van der Waals surface area contributed by atoms with Crippen molar-refractivity contribution < 1.29 is 0 Å². The summed E-state index contributed by atoms with van der Waals surface area (Å²) in [5, 5.41) is 0. The molecule has 0 saturated carbocycles. The van der Waals surface area contributed by atoms with E-state index >= 15 is 0 Å². The molecule has 0 aromatic carbocycles. The standard InChI is InChI=1S/C10H18N2.ClH/c1-3-4-5-6-7-10-11-8-9(2)12-10;/h8H,3-7H2,1-2H3,(H,11,12);1H. The molecule has 1 aromatic heterocycles. The molecular weight excluding hydrogens is 184 g/mol. The Morgan fingerprint density at radius 1 is 1.31 bits per heavy atom. The third-order valence-corrected chi connectivity index (χ3v) is 2.03. The van der Waals surface area contributed by atoms with Crippen LogP contribution in [0.15, 0.2) is 6.20 Å². The highest BCUT2D eigenvalue weighted by Gasteiger charge is 1.96. The highest BCUT2D eigenvalue weighted by molar-refractivity contribution is 5.85. The molecule has 13 heavy (non-hydrogen) atoms. The van der Waals surface area contributed by atoms with Gasteiger partial charge in [-0.3, -0.25) is 0 Å². The maximum Gasteiger partial charge on any atom is 0.106 e. The lowest BCUT2D eigenvalue weighted by Gasteiger charge is -1.95. The van der Waals surface area contributed by atoms with E-state index in [0.29, 0.717) is 0 Å². The zero-order chi connectivity index (χ0) is 8.81.